The molecule has 1 N–H and O–H groups in total. The first-order chi connectivity index (χ1) is 11.0. The summed E-state index contributed by atoms with van der Waals surface area (Å²) in [6.45, 7) is 1.62. The predicted octanol–water partition coefficient (Wildman–Crippen LogP) is 4.56. The average Bonchev–Trinajstić information content (AvgIpc) is 2.51. The fraction of sp³-hybridized carbons (Fsp3) is 0.125. The van der Waals surface area contributed by atoms with Gasteiger partial charge in [-0.15, -0.1) is 0 Å². The van der Waals surface area contributed by atoms with Gasteiger partial charge in [0.25, 0.3) is 5.91 Å². The number of rotatable bonds is 5. The molecule has 120 valence electrons. The summed E-state index contributed by atoms with van der Waals surface area (Å²) >= 11 is 17.6. The van der Waals surface area contributed by atoms with E-state index in [0.29, 0.717) is 26.4 Å². The molecule has 2 aromatic rings. The van der Waals surface area contributed by atoms with Crippen molar-refractivity contribution < 1.29 is 9.53 Å². The molecule has 0 saturated heterocycles. The number of amides is 1. The first kappa shape index (κ1) is 17.6. The normalized spacial score (nSPS) is 12.2. The van der Waals surface area contributed by atoms with Gasteiger partial charge in [0.2, 0.25) is 0 Å². The summed E-state index contributed by atoms with van der Waals surface area (Å²) in [5, 5.41) is 5.43. The van der Waals surface area contributed by atoms with Crippen molar-refractivity contribution in [1.82, 2.24) is 5.43 Å². The van der Waals surface area contributed by atoms with Gasteiger partial charge in [0.1, 0.15) is 5.75 Å². The maximum atomic E-state index is 11.9. The zero-order valence-corrected chi connectivity index (χ0v) is 14.4. The fourth-order valence-corrected chi connectivity index (χ4v) is 2.22. The number of carbonyl (C=O) groups excluding carboxylic acids is 1. The van der Waals surface area contributed by atoms with Crippen molar-refractivity contribution in [2.45, 2.75) is 13.0 Å². The van der Waals surface area contributed by atoms with Crippen LogP contribution in [0.15, 0.2) is 47.6 Å². The molecule has 0 bridgehead atoms. The largest absolute Gasteiger partial charge is 0.481 e. The van der Waals surface area contributed by atoms with Crippen LogP contribution < -0.4 is 10.2 Å². The Morgan fingerprint density at radius 2 is 1.78 bits per heavy atom. The van der Waals surface area contributed by atoms with Gasteiger partial charge in [-0.05, 0) is 43.3 Å². The minimum Gasteiger partial charge on any atom is -0.481 e. The van der Waals surface area contributed by atoms with E-state index in [9.17, 15) is 4.79 Å². The number of hydrogen-bond donors (Lipinski definition) is 1. The predicted molar refractivity (Wildman–Crippen MR) is 93.7 cm³/mol. The maximum absolute atomic E-state index is 11.9. The number of hydrogen-bond acceptors (Lipinski definition) is 3. The van der Waals surface area contributed by atoms with Crippen LogP contribution in [0.25, 0.3) is 0 Å². The summed E-state index contributed by atoms with van der Waals surface area (Å²) in [5.41, 5.74) is 3.03. The monoisotopic (exact) mass is 370 g/mol. The fourth-order valence-electron chi connectivity index (χ4n) is 1.63. The Morgan fingerprint density at radius 1 is 1.13 bits per heavy atom. The Balaban J connectivity index is 1.90. The van der Waals surface area contributed by atoms with E-state index in [1.54, 1.807) is 49.4 Å². The molecule has 23 heavy (non-hydrogen) atoms. The molecule has 0 spiro atoms. The van der Waals surface area contributed by atoms with Gasteiger partial charge in [-0.3, -0.25) is 4.79 Å². The summed E-state index contributed by atoms with van der Waals surface area (Å²) in [7, 11) is 0. The van der Waals surface area contributed by atoms with Crippen LogP contribution in [-0.2, 0) is 4.79 Å². The van der Waals surface area contributed by atoms with Gasteiger partial charge in [0, 0.05) is 15.6 Å². The van der Waals surface area contributed by atoms with Gasteiger partial charge in [-0.1, -0.05) is 40.9 Å². The number of carbonyl (C=O) groups is 1. The van der Waals surface area contributed by atoms with Crippen LogP contribution in [0.2, 0.25) is 15.1 Å². The quantitative estimate of drug-likeness (QED) is 0.618. The topological polar surface area (TPSA) is 50.7 Å². The van der Waals surface area contributed by atoms with E-state index in [1.165, 1.54) is 6.21 Å². The zero-order valence-electron chi connectivity index (χ0n) is 12.1. The zero-order chi connectivity index (χ0) is 16.8. The molecular weight excluding hydrogens is 359 g/mol. The van der Waals surface area contributed by atoms with E-state index >= 15 is 0 Å². The van der Waals surface area contributed by atoms with Gasteiger partial charge < -0.3 is 4.74 Å². The van der Waals surface area contributed by atoms with Crippen LogP contribution in [0, 0.1) is 0 Å². The molecule has 0 aliphatic carbocycles. The molecule has 0 aliphatic heterocycles. The lowest BCUT2D eigenvalue weighted by Gasteiger charge is -2.12. The second-order valence-electron chi connectivity index (χ2n) is 4.61. The molecule has 0 fully saturated rings. The average molecular weight is 372 g/mol. The van der Waals surface area contributed by atoms with Gasteiger partial charge in [-0.2, -0.15) is 5.10 Å². The molecule has 2 aromatic carbocycles. The summed E-state index contributed by atoms with van der Waals surface area (Å²) in [5.74, 6) is 0.156. The van der Waals surface area contributed by atoms with Crippen LogP contribution in [0.5, 0.6) is 5.75 Å². The van der Waals surface area contributed by atoms with Gasteiger partial charge in [0.15, 0.2) is 6.10 Å². The number of nitrogens with one attached hydrogen (secondary N) is 1. The van der Waals surface area contributed by atoms with Crippen molar-refractivity contribution in [1.29, 1.82) is 0 Å². The molecule has 0 aliphatic rings. The number of hydrazone groups is 1. The Morgan fingerprint density at radius 3 is 2.43 bits per heavy atom. The van der Waals surface area contributed by atoms with Crippen LogP contribution in [0.4, 0.5) is 0 Å². The summed E-state index contributed by atoms with van der Waals surface area (Å²) in [6, 6.07) is 11.7. The van der Waals surface area contributed by atoms with Crippen molar-refractivity contribution >= 4 is 46.9 Å². The first-order valence-corrected chi connectivity index (χ1v) is 7.79. The highest BCUT2D eigenvalue weighted by molar-refractivity contribution is 6.36. The third kappa shape index (κ3) is 5.43. The minimum atomic E-state index is -0.714. The smallest absolute Gasteiger partial charge is 0.280 e. The molecule has 1 amide bonds. The molecule has 7 heteroatoms. The number of halogens is 3. The molecule has 1 atom stereocenters. The Bertz CT molecular complexity index is 718. The Kier molecular flexibility index (Phi) is 6.28. The van der Waals surface area contributed by atoms with E-state index in [1.807, 2.05) is 0 Å². The standard InChI is InChI=1S/C16H13Cl3N2O2/c1-10(23-14-6-4-12(17)5-7-14)16(22)21-20-9-11-2-3-13(18)8-15(11)19/h2-10H,1H3,(H,21,22)/b20-9-/t10-/m0/s1. The lowest BCUT2D eigenvalue weighted by Crippen LogP contribution is -2.33. The van der Waals surface area contributed by atoms with E-state index in [2.05, 4.69) is 10.5 Å². The molecule has 2 rings (SSSR count). The van der Waals surface area contributed by atoms with Crippen molar-refractivity contribution in [3.8, 4) is 5.75 Å². The lowest BCUT2D eigenvalue weighted by atomic mass is 10.2. The Labute approximate surface area is 149 Å². The third-order valence-electron chi connectivity index (χ3n) is 2.84. The molecule has 0 saturated carbocycles. The number of nitrogens with zero attached hydrogens (tertiary/aromatic N) is 1. The van der Waals surface area contributed by atoms with E-state index in [0.717, 1.165) is 0 Å². The highest BCUT2D eigenvalue weighted by atomic mass is 35.5. The van der Waals surface area contributed by atoms with Crippen molar-refractivity contribution in [2.24, 2.45) is 5.10 Å². The highest BCUT2D eigenvalue weighted by Crippen LogP contribution is 2.19. The molecule has 0 heterocycles. The lowest BCUT2D eigenvalue weighted by molar-refractivity contribution is -0.127. The van der Waals surface area contributed by atoms with Crippen LogP contribution in [-0.4, -0.2) is 18.2 Å². The molecule has 4 nitrogen and oxygen atoms in total. The van der Waals surface area contributed by atoms with Crippen molar-refractivity contribution in [3.63, 3.8) is 0 Å². The van der Waals surface area contributed by atoms with E-state index in [4.69, 9.17) is 39.5 Å². The second kappa shape index (κ2) is 8.20. The highest BCUT2D eigenvalue weighted by Gasteiger charge is 2.13. The minimum absolute atomic E-state index is 0.388. The van der Waals surface area contributed by atoms with E-state index in [-0.39, 0.29) is 5.91 Å². The second-order valence-corrected chi connectivity index (χ2v) is 5.89. The molecular formula is C16H13Cl3N2O2. The SMILES string of the molecule is C[C@H](Oc1ccc(Cl)cc1)C(=O)N/N=C\c1ccc(Cl)cc1Cl. The van der Waals surface area contributed by atoms with E-state index < -0.39 is 6.10 Å². The molecule has 0 aromatic heterocycles. The molecule has 0 radical (unpaired) electrons. The summed E-state index contributed by atoms with van der Waals surface area (Å²) in [6.07, 6.45) is 0.722. The van der Waals surface area contributed by atoms with Crippen LogP contribution >= 0.6 is 34.8 Å². The summed E-state index contributed by atoms with van der Waals surface area (Å²) in [4.78, 5) is 11.9. The third-order valence-corrected chi connectivity index (χ3v) is 3.65. The van der Waals surface area contributed by atoms with Gasteiger partial charge in [0.05, 0.1) is 11.2 Å². The Hall–Kier alpha value is -1.75. The summed E-state index contributed by atoms with van der Waals surface area (Å²) < 4.78 is 5.49. The number of ether oxygens (including phenoxy) is 1. The van der Waals surface area contributed by atoms with Crippen LogP contribution in [0.3, 0.4) is 0 Å². The van der Waals surface area contributed by atoms with Gasteiger partial charge in [-0.25, -0.2) is 5.43 Å². The first-order valence-electron chi connectivity index (χ1n) is 6.66. The van der Waals surface area contributed by atoms with Gasteiger partial charge >= 0.3 is 0 Å². The number of benzene rings is 2. The van der Waals surface area contributed by atoms with Crippen molar-refractivity contribution in [3.05, 3.63) is 63.1 Å². The van der Waals surface area contributed by atoms with Crippen LogP contribution in [0.1, 0.15) is 12.5 Å². The van der Waals surface area contributed by atoms with Crippen molar-refractivity contribution in [2.75, 3.05) is 0 Å². The maximum Gasteiger partial charge on any atom is 0.280 e. The molecule has 0 unspecified atom stereocenters.